The van der Waals surface area contributed by atoms with Gasteiger partial charge in [-0.2, -0.15) is 23.4 Å². The van der Waals surface area contributed by atoms with Gasteiger partial charge >= 0.3 is 6.18 Å². The molecule has 2 unspecified atom stereocenters. The zero-order valence-corrected chi connectivity index (χ0v) is 19.3. The molecule has 0 bridgehead atoms. The number of halogens is 3. The number of amides is 1. The molecule has 3 aliphatic rings. The minimum atomic E-state index is -4.71. The van der Waals surface area contributed by atoms with Crippen molar-refractivity contribution in [1.82, 2.24) is 20.4 Å². The van der Waals surface area contributed by atoms with Crippen molar-refractivity contribution >= 4 is 5.91 Å². The van der Waals surface area contributed by atoms with Gasteiger partial charge < -0.3 is 10.6 Å². The molecule has 0 spiro atoms. The van der Waals surface area contributed by atoms with Gasteiger partial charge in [-0.3, -0.25) is 9.48 Å². The fourth-order valence-corrected chi connectivity index (χ4v) is 5.46. The van der Waals surface area contributed by atoms with Gasteiger partial charge in [-0.1, -0.05) is 25.1 Å². The Morgan fingerprint density at radius 1 is 1.24 bits per heavy atom. The Labute approximate surface area is 194 Å². The molecule has 2 N–H and O–H groups in total. The summed E-state index contributed by atoms with van der Waals surface area (Å²) >= 11 is 0. The van der Waals surface area contributed by atoms with Crippen LogP contribution in [0.5, 0.6) is 0 Å². The van der Waals surface area contributed by atoms with E-state index in [0.29, 0.717) is 23.3 Å². The average Bonchev–Trinajstić information content (AvgIpc) is 3.37. The van der Waals surface area contributed by atoms with E-state index in [9.17, 15) is 18.0 Å². The van der Waals surface area contributed by atoms with E-state index in [1.807, 2.05) is 32.2 Å². The van der Waals surface area contributed by atoms with Crippen LogP contribution in [0.15, 0.2) is 69.4 Å². The number of benzene rings is 1. The number of aryl methyl sites for hydroxylation is 1. The quantitative estimate of drug-likeness (QED) is 0.693. The first-order valence-corrected chi connectivity index (χ1v) is 11.1. The minimum absolute atomic E-state index is 0.0283. The van der Waals surface area contributed by atoms with Gasteiger partial charge in [0, 0.05) is 42.0 Å². The first kappa shape index (κ1) is 22.4. The predicted molar refractivity (Wildman–Crippen MR) is 119 cm³/mol. The fourth-order valence-electron chi connectivity index (χ4n) is 5.46. The molecule has 0 saturated heterocycles. The van der Waals surface area contributed by atoms with Gasteiger partial charge in [0.2, 0.25) is 0 Å². The van der Waals surface area contributed by atoms with Gasteiger partial charge in [-0.05, 0) is 37.5 Å². The first-order chi connectivity index (χ1) is 16.0. The van der Waals surface area contributed by atoms with Crippen molar-refractivity contribution in [3.8, 4) is 11.1 Å². The summed E-state index contributed by atoms with van der Waals surface area (Å²) in [4.78, 5) is 13.5. The molecule has 1 aromatic carbocycles. The van der Waals surface area contributed by atoms with E-state index in [1.54, 1.807) is 37.0 Å². The Balaban J connectivity index is 1.82. The lowest BCUT2D eigenvalue weighted by Gasteiger charge is -2.48. The van der Waals surface area contributed by atoms with Crippen LogP contribution in [0.1, 0.15) is 39.2 Å². The molecule has 4 heterocycles. The molecule has 0 saturated carbocycles. The summed E-state index contributed by atoms with van der Waals surface area (Å²) in [6.07, 6.45) is -1.49. The number of alkyl halides is 3. The number of allylic oxidation sites excluding steroid dienone is 1. The molecule has 0 radical (unpaired) electrons. The van der Waals surface area contributed by atoms with E-state index >= 15 is 0 Å². The Bertz CT molecular complexity index is 1290. The highest BCUT2D eigenvalue weighted by molar-refractivity contribution is 6.00. The van der Waals surface area contributed by atoms with Crippen LogP contribution in [-0.4, -0.2) is 33.6 Å². The Morgan fingerprint density at radius 2 is 2.00 bits per heavy atom. The molecular weight excluding hydrogens is 445 g/mol. The Hall–Kier alpha value is -3.43. The third kappa shape index (κ3) is 3.26. The number of carbonyl (C=O) groups excluding carboxylic acids is 1. The van der Waals surface area contributed by atoms with E-state index in [4.69, 9.17) is 0 Å². The first-order valence-electron chi connectivity index (χ1n) is 11.1. The molecule has 1 amide bonds. The highest BCUT2D eigenvalue weighted by Crippen LogP contribution is 2.55. The molecule has 2 aromatic rings. The van der Waals surface area contributed by atoms with E-state index in [2.05, 4.69) is 26.0 Å². The summed E-state index contributed by atoms with van der Waals surface area (Å²) in [5, 5.41) is 17.8. The maximum Gasteiger partial charge on any atom is 0.435 e. The standard InChI is InChI=1S/C24H25F3N6O/c1-5-23(15-8-6-7-13(9-15)14-11-28-33(4)12-14)17-16(10-22(2,3)30-21(17)34)29-20-18(23)19(31-32-20)24(25,26)27/h6-9,11-12,20,29H,5,10H2,1-4H3,(H,30,34). The van der Waals surface area contributed by atoms with Crippen molar-refractivity contribution in [3.05, 3.63) is 64.8 Å². The maximum absolute atomic E-state index is 14.2. The van der Waals surface area contributed by atoms with Gasteiger partial charge in [0.15, 0.2) is 11.9 Å². The zero-order valence-electron chi connectivity index (χ0n) is 19.3. The predicted octanol–water partition coefficient (Wildman–Crippen LogP) is 4.50. The fraction of sp³-hybridized carbons (Fsp3) is 0.417. The number of rotatable bonds is 3. The maximum atomic E-state index is 14.2. The molecule has 10 heteroatoms. The number of azo groups is 1. The molecule has 0 aliphatic carbocycles. The van der Waals surface area contributed by atoms with Crippen LogP contribution >= 0.6 is 0 Å². The molecule has 7 nitrogen and oxygen atoms in total. The van der Waals surface area contributed by atoms with Crippen LogP contribution in [0.25, 0.3) is 11.1 Å². The van der Waals surface area contributed by atoms with Crippen LogP contribution in [0, 0.1) is 0 Å². The van der Waals surface area contributed by atoms with Gasteiger partial charge in [-0.15, -0.1) is 5.11 Å². The molecular formula is C24H25F3N6O. The van der Waals surface area contributed by atoms with Gasteiger partial charge in [0.1, 0.15) is 0 Å². The van der Waals surface area contributed by atoms with Gasteiger partial charge in [0.25, 0.3) is 5.91 Å². The van der Waals surface area contributed by atoms with Crippen molar-refractivity contribution in [2.75, 3.05) is 0 Å². The third-order valence-corrected chi connectivity index (χ3v) is 6.79. The molecule has 178 valence electrons. The van der Waals surface area contributed by atoms with E-state index < -0.39 is 29.0 Å². The van der Waals surface area contributed by atoms with Crippen molar-refractivity contribution < 1.29 is 18.0 Å². The normalized spacial score (nSPS) is 25.7. The lowest BCUT2D eigenvalue weighted by molar-refractivity contribution is -0.120. The largest absolute Gasteiger partial charge is 0.435 e. The smallest absolute Gasteiger partial charge is 0.362 e. The molecule has 34 heavy (non-hydrogen) atoms. The summed E-state index contributed by atoms with van der Waals surface area (Å²) in [6, 6.07) is 7.31. The van der Waals surface area contributed by atoms with Crippen LogP contribution in [0.2, 0.25) is 0 Å². The number of nitrogens with zero attached hydrogens (tertiary/aromatic N) is 4. The third-order valence-electron chi connectivity index (χ3n) is 6.79. The minimum Gasteiger partial charge on any atom is -0.362 e. The zero-order chi connectivity index (χ0) is 24.5. The molecule has 0 fully saturated rings. The second kappa shape index (κ2) is 7.28. The number of hydrogen-bond acceptors (Lipinski definition) is 5. The van der Waals surface area contributed by atoms with Crippen molar-refractivity contribution in [2.45, 2.75) is 56.9 Å². The number of fused-ring (bicyclic) bond motifs is 1. The van der Waals surface area contributed by atoms with Crippen molar-refractivity contribution in [3.63, 3.8) is 0 Å². The highest BCUT2D eigenvalue weighted by Gasteiger charge is 2.57. The van der Waals surface area contributed by atoms with Crippen molar-refractivity contribution in [1.29, 1.82) is 0 Å². The molecule has 5 rings (SSSR count). The SMILES string of the molecule is CCC1(c2cccc(-c3cnn(C)c3)c2)C2=C(CC(C)(C)NC2=O)NC2N=NC(C(F)(F)F)=C21. The average molecular weight is 470 g/mol. The van der Waals surface area contributed by atoms with Crippen LogP contribution < -0.4 is 10.6 Å². The lowest BCUT2D eigenvalue weighted by Crippen LogP contribution is -2.58. The highest BCUT2D eigenvalue weighted by atomic mass is 19.4. The van der Waals surface area contributed by atoms with Crippen LogP contribution in [-0.2, 0) is 17.3 Å². The van der Waals surface area contributed by atoms with Gasteiger partial charge in [0.05, 0.1) is 17.2 Å². The lowest BCUT2D eigenvalue weighted by atomic mass is 9.61. The van der Waals surface area contributed by atoms with Crippen LogP contribution in [0.3, 0.4) is 0 Å². The summed E-state index contributed by atoms with van der Waals surface area (Å²) in [7, 11) is 1.80. The second-order valence-corrected chi connectivity index (χ2v) is 9.63. The van der Waals surface area contributed by atoms with Crippen LogP contribution in [0.4, 0.5) is 13.2 Å². The topological polar surface area (TPSA) is 83.7 Å². The summed E-state index contributed by atoms with van der Waals surface area (Å²) in [5.74, 6) is -0.383. The van der Waals surface area contributed by atoms with E-state index in [1.165, 1.54) is 0 Å². The number of nitrogens with one attached hydrogen (secondary N) is 2. The van der Waals surface area contributed by atoms with E-state index in [-0.39, 0.29) is 17.9 Å². The molecule has 2 atom stereocenters. The van der Waals surface area contributed by atoms with E-state index in [0.717, 1.165) is 11.1 Å². The monoisotopic (exact) mass is 470 g/mol. The molecule has 3 aliphatic heterocycles. The number of carbonyl (C=O) groups is 1. The molecule has 1 aromatic heterocycles. The number of aromatic nitrogens is 2. The Morgan fingerprint density at radius 3 is 2.65 bits per heavy atom. The van der Waals surface area contributed by atoms with Crippen molar-refractivity contribution in [2.24, 2.45) is 17.3 Å². The summed E-state index contributed by atoms with van der Waals surface area (Å²) in [5.41, 5.74) is 0.166. The Kier molecular flexibility index (Phi) is 4.79. The summed E-state index contributed by atoms with van der Waals surface area (Å²) in [6.45, 7) is 5.57. The van der Waals surface area contributed by atoms with Gasteiger partial charge in [-0.25, -0.2) is 0 Å². The summed E-state index contributed by atoms with van der Waals surface area (Å²) < 4.78 is 44.1. The number of hydrogen-bond donors (Lipinski definition) is 2. The second-order valence-electron chi connectivity index (χ2n) is 9.63.